The number of carboxylic acids is 1. The Balaban J connectivity index is 2.37. The second kappa shape index (κ2) is 4.58. The van der Waals surface area contributed by atoms with Gasteiger partial charge >= 0.3 is 5.97 Å². The molecular weight excluding hydrogens is 240 g/mol. The maximum Gasteiger partial charge on any atom is 0.336 e. The number of hydrogen-bond donors (Lipinski definition) is 1. The largest absolute Gasteiger partial charge is 0.478 e. The normalized spacial score (nSPS) is 10.5. The third-order valence-corrected chi connectivity index (χ3v) is 2.97. The van der Waals surface area contributed by atoms with Crippen LogP contribution in [0.2, 0.25) is 0 Å². The number of rotatable bonds is 3. The predicted molar refractivity (Wildman–Crippen MR) is 61.3 cm³/mol. The summed E-state index contributed by atoms with van der Waals surface area (Å²) in [5, 5.41) is 16.9. The van der Waals surface area contributed by atoms with E-state index in [4.69, 9.17) is 9.52 Å². The summed E-state index contributed by atoms with van der Waals surface area (Å²) < 4.78 is 5.21. The van der Waals surface area contributed by atoms with E-state index >= 15 is 0 Å². The molecule has 0 bridgehead atoms. The minimum Gasteiger partial charge on any atom is -0.478 e. The molecule has 1 N–H and O–H groups in total. The molecule has 17 heavy (non-hydrogen) atoms. The molecule has 0 spiro atoms. The molecule has 1 aromatic heterocycles. The second-order valence-corrected chi connectivity index (χ2v) is 4.49. The first-order chi connectivity index (χ1) is 8.06. The summed E-state index contributed by atoms with van der Waals surface area (Å²) >= 11 is 1.16. The van der Waals surface area contributed by atoms with E-state index in [9.17, 15) is 4.79 Å². The minimum atomic E-state index is -0.969. The van der Waals surface area contributed by atoms with Gasteiger partial charge in [-0.15, -0.1) is 10.2 Å². The lowest BCUT2D eigenvalue weighted by Crippen LogP contribution is -1.98. The SMILES string of the molecule is Cc1ccc(C(=O)O)c(Sc2nnc(C)o2)c1. The fourth-order valence-corrected chi connectivity index (χ4v) is 2.25. The topological polar surface area (TPSA) is 76.2 Å². The molecule has 0 aliphatic rings. The Morgan fingerprint density at radius 3 is 2.71 bits per heavy atom. The van der Waals surface area contributed by atoms with Crippen LogP contribution in [0.25, 0.3) is 0 Å². The van der Waals surface area contributed by atoms with Crippen LogP contribution in [0.15, 0.2) is 32.7 Å². The van der Waals surface area contributed by atoms with Crippen molar-refractivity contribution in [3.8, 4) is 0 Å². The number of aryl methyl sites for hydroxylation is 2. The van der Waals surface area contributed by atoms with Crippen LogP contribution in [0.3, 0.4) is 0 Å². The molecule has 0 aliphatic carbocycles. The van der Waals surface area contributed by atoms with E-state index in [1.807, 2.05) is 6.92 Å². The molecule has 1 aromatic carbocycles. The van der Waals surface area contributed by atoms with Gasteiger partial charge in [-0.3, -0.25) is 0 Å². The first-order valence-electron chi connectivity index (χ1n) is 4.88. The summed E-state index contributed by atoms with van der Waals surface area (Å²) in [6.07, 6.45) is 0. The first kappa shape index (κ1) is 11.7. The lowest BCUT2D eigenvalue weighted by Gasteiger charge is -2.03. The van der Waals surface area contributed by atoms with Gasteiger partial charge in [-0.05, 0) is 36.4 Å². The van der Waals surface area contributed by atoms with Crippen molar-refractivity contribution in [2.75, 3.05) is 0 Å². The van der Waals surface area contributed by atoms with Crippen molar-refractivity contribution in [1.82, 2.24) is 10.2 Å². The van der Waals surface area contributed by atoms with Gasteiger partial charge in [0.2, 0.25) is 5.89 Å². The predicted octanol–water partition coefficient (Wildman–Crippen LogP) is 2.54. The molecule has 6 heteroatoms. The Morgan fingerprint density at radius 1 is 1.35 bits per heavy atom. The average molecular weight is 250 g/mol. The van der Waals surface area contributed by atoms with Crippen LogP contribution < -0.4 is 0 Å². The van der Waals surface area contributed by atoms with E-state index in [-0.39, 0.29) is 5.56 Å². The fourth-order valence-electron chi connectivity index (χ4n) is 1.30. The lowest BCUT2D eigenvalue weighted by molar-refractivity contribution is 0.0693. The van der Waals surface area contributed by atoms with Crippen LogP contribution in [-0.4, -0.2) is 21.3 Å². The van der Waals surface area contributed by atoms with Crippen LogP contribution in [-0.2, 0) is 0 Å². The number of nitrogens with zero attached hydrogens (tertiary/aromatic N) is 2. The molecule has 0 amide bonds. The first-order valence-corrected chi connectivity index (χ1v) is 5.70. The summed E-state index contributed by atoms with van der Waals surface area (Å²) in [5.41, 5.74) is 1.21. The third kappa shape index (κ3) is 2.65. The van der Waals surface area contributed by atoms with E-state index < -0.39 is 5.97 Å². The molecule has 0 atom stereocenters. The maximum absolute atomic E-state index is 11.0. The van der Waals surface area contributed by atoms with Gasteiger partial charge in [0.25, 0.3) is 5.22 Å². The highest BCUT2D eigenvalue weighted by Crippen LogP contribution is 2.30. The molecule has 0 unspecified atom stereocenters. The van der Waals surface area contributed by atoms with Crippen molar-refractivity contribution < 1.29 is 14.3 Å². The van der Waals surface area contributed by atoms with E-state index in [0.717, 1.165) is 17.3 Å². The smallest absolute Gasteiger partial charge is 0.336 e. The lowest BCUT2D eigenvalue weighted by atomic mass is 10.1. The van der Waals surface area contributed by atoms with E-state index in [2.05, 4.69) is 10.2 Å². The van der Waals surface area contributed by atoms with E-state index in [0.29, 0.717) is 16.0 Å². The van der Waals surface area contributed by atoms with Crippen molar-refractivity contribution in [2.45, 2.75) is 24.0 Å². The number of aromatic nitrogens is 2. The third-order valence-electron chi connectivity index (χ3n) is 2.07. The van der Waals surface area contributed by atoms with Gasteiger partial charge in [0.1, 0.15) is 0 Å². The molecule has 1 heterocycles. The molecule has 88 valence electrons. The number of aromatic carboxylic acids is 1. The van der Waals surface area contributed by atoms with Crippen LogP contribution in [0.4, 0.5) is 0 Å². The van der Waals surface area contributed by atoms with Crippen LogP contribution in [0.1, 0.15) is 21.8 Å². The monoisotopic (exact) mass is 250 g/mol. The number of carbonyl (C=O) groups is 1. The average Bonchev–Trinajstić information content (AvgIpc) is 2.63. The molecule has 0 fully saturated rings. The maximum atomic E-state index is 11.0. The quantitative estimate of drug-likeness (QED) is 0.902. The highest BCUT2D eigenvalue weighted by molar-refractivity contribution is 7.99. The van der Waals surface area contributed by atoms with Crippen molar-refractivity contribution in [1.29, 1.82) is 0 Å². The molecule has 0 saturated carbocycles. The molecule has 5 nitrogen and oxygen atoms in total. The van der Waals surface area contributed by atoms with Crippen molar-refractivity contribution in [3.63, 3.8) is 0 Å². The van der Waals surface area contributed by atoms with Gasteiger partial charge in [0.15, 0.2) is 0 Å². The minimum absolute atomic E-state index is 0.233. The van der Waals surface area contributed by atoms with Gasteiger partial charge in [-0.1, -0.05) is 6.07 Å². The Kier molecular flexibility index (Phi) is 3.14. The van der Waals surface area contributed by atoms with Gasteiger partial charge in [-0.2, -0.15) is 0 Å². The summed E-state index contributed by atoms with van der Waals surface area (Å²) in [4.78, 5) is 11.6. The molecule has 0 aliphatic heterocycles. The molecule has 0 radical (unpaired) electrons. The van der Waals surface area contributed by atoms with E-state index in [1.165, 1.54) is 0 Å². The fraction of sp³-hybridized carbons (Fsp3) is 0.182. The number of benzene rings is 1. The van der Waals surface area contributed by atoms with Crippen molar-refractivity contribution in [2.24, 2.45) is 0 Å². The Labute approximate surface area is 102 Å². The van der Waals surface area contributed by atoms with Crippen LogP contribution in [0, 0.1) is 13.8 Å². The van der Waals surface area contributed by atoms with Crippen molar-refractivity contribution in [3.05, 3.63) is 35.2 Å². The summed E-state index contributed by atoms with van der Waals surface area (Å²) in [6.45, 7) is 3.58. The van der Waals surface area contributed by atoms with Crippen LogP contribution >= 0.6 is 11.8 Å². The van der Waals surface area contributed by atoms with Gasteiger partial charge in [0.05, 0.1) is 5.56 Å². The molecule has 0 saturated heterocycles. The van der Waals surface area contributed by atoms with Gasteiger partial charge in [-0.25, -0.2) is 4.79 Å². The van der Waals surface area contributed by atoms with Crippen LogP contribution in [0.5, 0.6) is 0 Å². The Morgan fingerprint density at radius 2 is 2.12 bits per heavy atom. The highest BCUT2D eigenvalue weighted by Gasteiger charge is 2.14. The Bertz CT molecular complexity index is 566. The summed E-state index contributed by atoms with van der Waals surface area (Å²) in [7, 11) is 0. The van der Waals surface area contributed by atoms with Gasteiger partial charge < -0.3 is 9.52 Å². The van der Waals surface area contributed by atoms with E-state index in [1.54, 1.807) is 25.1 Å². The highest BCUT2D eigenvalue weighted by atomic mass is 32.2. The zero-order chi connectivity index (χ0) is 12.4. The standard InChI is InChI=1S/C11H10N2O3S/c1-6-3-4-8(10(14)15)9(5-6)17-11-13-12-7(2)16-11/h3-5H,1-2H3,(H,14,15). The zero-order valence-electron chi connectivity index (χ0n) is 9.30. The molecule has 2 aromatic rings. The molecular formula is C11H10N2O3S. The summed E-state index contributed by atoms with van der Waals surface area (Å²) in [5.74, 6) is -0.513. The van der Waals surface area contributed by atoms with Crippen molar-refractivity contribution >= 4 is 17.7 Å². The summed E-state index contributed by atoms with van der Waals surface area (Å²) in [6, 6.07) is 5.11. The zero-order valence-corrected chi connectivity index (χ0v) is 10.1. The molecule has 2 rings (SSSR count). The van der Waals surface area contributed by atoms with Gasteiger partial charge in [0, 0.05) is 11.8 Å². The number of hydrogen-bond acceptors (Lipinski definition) is 5. The Hall–Kier alpha value is -1.82. The second-order valence-electron chi connectivity index (χ2n) is 3.49. The number of carboxylic acid groups (broad SMARTS) is 1.